The van der Waals surface area contributed by atoms with Gasteiger partial charge >= 0.3 is 0 Å². The Balaban J connectivity index is 1.47. The normalized spacial score (nSPS) is 43.3. The molecule has 144 valence electrons. The van der Waals surface area contributed by atoms with Gasteiger partial charge in [0.2, 0.25) is 0 Å². The van der Waals surface area contributed by atoms with Crippen LogP contribution in [0, 0.1) is 34.4 Å². The van der Waals surface area contributed by atoms with Gasteiger partial charge in [0.1, 0.15) is 5.82 Å². The number of hydrogen-bond donors (Lipinski definition) is 1. The fourth-order valence-electron chi connectivity index (χ4n) is 7.28. The number of hydrogen-bond acceptors (Lipinski definition) is 2. The maximum Gasteiger partial charge on any atom is 0.142 e. The number of aliphatic hydroxyl groups is 1. The van der Waals surface area contributed by atoms with Crippen LogP contribution in [-0.4, -0.2) is 16.2 Å². The molecule has 0 saturated heterocycles. The van der Waals surface area contributed by atoms with Crippen LogP contribution in [0.1, 0.15) is 64.4 Å². The molecule has 0 spiro atoms. The quantitative estimate of drug-likeness (QED) is 0.661. The van der Waals surface area contributed by atoms with Crippen molar-refractivity contribution in [2.45, 2.75) is 64.9 Å². The molecule has 1 aromatic rings. The van der Waals surface area contributed by atoms with Crippen molar-refractivity contribution in [1.82, 2.24) is 4.98 Å². The molecule has 1 N–H and O–H groups in total. The molecule has 0 aliphatic heterocycles. The van der Waals surface area contributed by atoms with Gasteiger partial charge in [-0.2, -0.15) is 0 Å². The minimum Gasteiger partial charge on any atom is -0.389 e. The van der Waals surface area contributed by atoms with Crippen molar-refractivity contribution in [1.29, 1.82) is 0 Å². The highest BCUT2D eigenvalue weighted by Crippen LogP contribution is 2.66. The van der Waals surface area contributed by atoms with Crippen LogP contribution < -0.4 is 0 Å². The Morgan fingerprint density at radius 2 is 1.89 bits per heavy atom. The van der Waals surface area contributed by atoms with Crippen LogP contribution in [0.25, 0.3) is 5.57 Å². The molecule has 0 radical (unpaired) electrons. The molecule has 5 rings (SSSR count). The van der Waals surface area contributed by atoms with E-state index in [0.29, 0.717) is 5.92 Å². The van der Waals surface area contributed by atoms with Crippen LogP contribution in [-0.2, 0) is 0 Å². The van der Waals surface area contributed by atoms with Crippen LogP contribution in [0.5, 0.6) is 0 Å². The second-order valence-electron chi connectivity index (χ2n) is 9.83. The summed E-state index contributed by atoms with van der Waals surface area (Å²) < 4.78 is 13.8. The smallest absolute Gasteiger partial charge is 0.142 e. The van der Waals surface area contributed by atoms with E-state index in [1.807, 2.05) is 6.20 Å². The van der Waals surface area contributed by atoms with Crippen molar-refractivity contribution in [3.8, 4) is 0 Å². The Morgan fingerprint density at radius 1 is 1.07 bits per heavy atom. The SMILES string of the molecule is CC12CCC(O)C=C1CCC1C2CCC2(C)C(c3cncc(F)c3)=CCC12. The van der Waals surface area contributed by atoms with Crippen LogP contribution in [0.15, 0.2) is 36.2 Å². The van der Waals surface area contributed by atoms with Gasteiger partial charge in [-0.15, -0.1) is 0 Å². The third-order valence-electron chi connectivity index (χ3n) is 8.69. The van der Waals surface area contributed by atoms with Crippen molar-refractivity contribution in [3.05, 3.63) is 47.6 Å². The van der Waals surface area contributed by atoms with E-state index in [-0.39, 0.29) is 22.8 Å². The van der Waals surface area contributed by atoms with Crippen LogP contribution in [0.3, 0.4) is 0 Å². The summed E-state index contributed by atoms with van der Waals surface area (Å²) in [7, 11) is 0. The van der Waals surface area contributed by atoms with Crippen LogP contribution in [0.2, 0.25) is 0 Å². The molecule has 0 amide bonds. The van der Waals surface area contributed by atoms with E-state index in [0.717, 1.165) is 43.1 Å². The zero-order valence-electron chi connectivity index (χ0n) is 16.4. The third-order valence-corrected chi connectivity index (χ3v) is 8.69. The van der Waals surface area contributed by atoms with E-state index < -0.39 is 0 Å². The Hall–Kier alpha value is -1.48. The van der Waals surface area contributed by atoms with Crippen molar-refractivity contribution in [3.63, 3.8) is 0 Å². The summed E-state index contributed by atoms with van der Waals surface area (Å²) in [6, 6.07) is 1.66. The van der Waals surface area contributed by atoms with Gasteiger partial charge in [-0.3, -0.25) is 4.98 Å². The zero-order chi connectivity index (χ0) is 18.8. The van der Waals surface area contributed by atoms with Crippen molar-refractivity contribution in [2.24, 2.45) is 28.6 Å². The molecule has 2 saturated carbocycles. The first kappa shape index (κ1) is 17.6. The monoisotopic (exact) mass is 367 g/mol. The fourth-order valence-corrected chi connectivity index (χ4v) is 7.28. The number of fused-ring (bicyclic) bond motifs is 5. The number of aliphatic hydroxyl groups excluding tert-OH is 1. The molecule has 27 heavy (non-hydrogen) atoms. The van der Waals surface area contributed by atoms with Gasteiger partial charge in [-0.05, 0) is 90.7 Å². The first-order valence-corrected chi connectivity index (χ1v) is 10.6. The average Bonchev–Trinajstić information content (AvgIpc) is 2.99. The van der Waals surface area contributed by atoms with Crippen molar-refractivity contribution >= 4 is 5.57 Å². The topological polar surface area (TPSA) is 33.1 Å². The zero-order valence-corrected chi connectivity index (χ0v) is 16.4. The number of pyridine rings is 1. The lowest BCUT2D eigenvalue weighted by Crippen LogP contribution is -2.50. The molecule has 1 aromatic heterocycles. The molecule has 4 aliphatic carbocycles. The Morgan fingerprint density at radius 3 is 2.70 bits per heavy atom. The number of rotatable bonds is 1. The first-order valence-electron chi connectivity index (χ1n) is 10.6. The Labute approximate surface area is 161 Å². The highest BCUT2D eigenvalue weighted by Gasteiger charge is 2.57. The van der Waals surface area contributed by atoms with E-state index in [2.05, 4.69) is 31.0 Å². The summed E-state index contributed by atoms with van der Waals surface area (Å²) in [4.78, 5) is 4.10. The number of aromatic nitrogens is 1. The number of nitrogens with zero attached hydrogens (tertiary/aromatic N) is 1. The predicted octanol–water partition coefficient (Wildman–Crippen LogP) is 5.54. The maximum absolute atomic E-state index is 13.8. The Bertz CT molecular complexity index is 829. The molecular weight excluding hydrogens is 337 g/mol. The van der Waals surface area contributed by atoms with Gasteiger partial charge in [-0.1, -0.05) is 31.6 Å². The highest BCUT2D eigenvalue weighted by atomic mass is 19.1. The molecule has 2 nitrogen and oxygen atoms in total. The summed E-state index contributed by atoms with van der Waals surface area (Å²) in [5.74, 6) is 1.87. The largest absolute Gasteiger partial charge is 0.389 e. The van der Waals surface area contributed by atoms with Crippen LogP contribution >= 0.6 is 0 Å². The van der Waals surface area contributed by atoms with Crippen molar-refractivity contribution in [2.75, 3.05) is 0 Å². The maximum atomic E-state index is 13.8. The van der Waals surface area contributed by atoms with E-state index in [1.165, 1.54) is 36.6 Å². The van der Waals surface area contributed by atoms with Gasteiger partial charge in [0.05, 0.1) is 12.3 Å². The summed E-state index contributed by atoms with van der Waals surface area (Å²) >= 11 is 0. The second-order valence-corrected chi connectivity index (χ2v) is 9.83. The van der Waals surface area contributed by atoms with E-state index in [1.54, 1.807) is 6.07 Å². The highest BCUT2D eigenvalue weighted by molar-refractivity contribution is 5.72. The molecule has 0 bridgehead atoms. The first-order chi connectivity index (χ1) is 12.9. The van der Waals surface area contributed by atoms with Gasteiger partial charge in [0.15, 0.2) is 0 Å². The Kier molecular flexibility index (Phi) is 3.92. The summed E-state index contributed by atoms with van der Waals surface area (Å²) in [5.41, 5.74) is 4.23. The van der Waals surface area contributed by atoms with Gasteiger partial charge < -0.3 is 5.11 Å². The number of allylic oxidation sites excluding steroid dienone is 3. The predicted molar refractivity (Wildman–Crippen MR) is 105 cm³/mol. The molecular formula is C24H30FNO. The second kappa shape index (κ2) is 6.01. The van der Waals surface area contributed by atoms with Gasteiger partial charge in [0, 0.05) is 6.20 Å². The number of halogens is 1. The molecule has 4 aliphatic rings. The summed E-state index contributed by atoms with van der Waals surface area (Å²) in [6.45, 7) is 4.87. The lowest BCUT2D eigenvalue weighted by molar-refractivity contribution is -0.0281. The van der Waals surface area contributed by atoms with E-state index >= 15 is 0 Å². The molecule has 1 heterocycles. The fraction of sp³-hybridized carbons (Fsp3) is 0.625. The molecule has 6 atom stereocenters. The standard InChI is InChI=1S/C24H30FNO/c1-23-9-7-18(27)12-16(23)3-4-19-21-6-5-20(15-11-17(25)14-26-13-15)24(21,2)10-8-22(19)23/h5,11-14,18-19,21-22,27H,3-4,6-10H2,1-2H3. The third kappa shape index (κ3) is 2.50. The summed E-state index contributed by atoms with van der Waals surface area (Å²) in [5, 5.41) is 10.1. The lowest BCUT2D eigenvalue weighted by Gasteiger charge is -2.58. The lowest BCUT2D eigenvalue weighted by atomic mass is 9.46. The summed E-state index contributed by atoms with van der Waals surface area (Å²) in [6.07, 6.45) is 15.4. The van der Waals surface area contributed by atoms with E-state index in [9.17, 15) is 9.50 Å². The minimum atomic E-state index is -0.241. The van der Waals surface area contributed by atoms with E-state index in [4.69, 9.17) is 0 Å². The molecule has 0 aromatic carbocycles. The van der Waals surface area contributed by atoms with Crippen molar-refractivity contribution < 1.29 is 9.50 Å². The van der Waals surface area contributed by atoms with Crippen LogP contribution in [0.4, 0.5) is 4.39 Å². The van der Waals surface area contributed by atoms with Gasteiger partial charge in [-0.25, -0.2) is 4.39 Å². The molecule has 6 unspecified atom stereocenters. The molecule has 3 heteroatoms. The minimum absolute atomic E-state index is 0.141. The molecule has 2 fully saturated rings. The van der Waals surface area contributed by atoms with Gasteiger partial charge in [0.25, 0.3) is 0 Å². The average molecular weight is 368 g/mol.